The van der Waals surface area contributed by atoms with E-state index in [-0.39, 0.29) is 0 Å². The molecule has 2 unspecified atom stereocenters. The fourth-order valence-corrected chi connectivity index (χ4v) is 5.76. The summed E-state index contributed by atoms with van der Waals surface area (Å²) in [6.07, 6.45) is 12.0. The van der Waals surface area contributed by atoms with Crippen LogP contribution in [0.5, 0.6) is 0 Å². The summed E-state index contributed by atoms with van der Waals surface area (Å²) >= 11 is 0. The molecule has 0 aliphatic heterocycles. The molecule has 1 aliphatic rings. The van der Waals surface area contributed by atoms with Crippen LogP contribution in [0.25, 0.3) is 11.0 Å². The van der Waals surface area contributed by atoms with Gasteiger partial charge in [-0.15, -0.1) is 0 Å². The molecule has 0 bridgehead atoms. The minimum absolute atomic E-state index is 0.540. The lowest BCUT2D eigenvalue weighted by atomic mass is 10.0. The molecule has 0 radical (unpaired) electrons. The van der Waals surface area contributed by atoms with Crippen molar-refractivity contribution < 1.29 is 0 Å². The van der Waals surface area contributed by atoms with Crippen LogP contribution in [0.3, 0.4) is 0 Å². The summed E-state index contributed by atoms with van der Waals surface area (Å²) in [5.41, 5.74) is 5.29. The summed E-state index contributed by atoms with van der Waals surface area (Å²) in [5, 5.41) is 11.6. The zero-order valence-electron chi connectivity index (χ0n) is 22.7. The number of hydrogen-bond acceptors (Lipinski definition) is 5. The molecular formula is C32H42N6. The first kappa shape index (κ1) is 26.4. The van der Waals surface area contributed by atoms with E-state index in [1.807, 2.05) is 7.05 Å². The lowest BCUT2D eigenvalue weighted by molar-refractivity contribution is 0.452. The molecule has 2 atom stereocenters. The number of hydrogen-bond donors (Lipinski definition) is 3. The molecule has 2 aromatic heterocycles. The van der Waals surface area contributed by atoms with Gasteiger partial charge in [0.1, 0.15) is 17.8 Å². The second kappa shape index (κ2) is 13.5. The first-order valence-electron chi connectivity index (χ1n) is 14.3. The maximum atomic E-state index is 4.56. The van der Waals surface area contributed by atoms with Gasteiger partial charge in [0.2, 0.25) is 0 Å². The van der Waals surface area contributed by atoms with E-state index < -0.39 is 0 Å². The van der Waals surface area contributed by atoms with Gasteiger partial charge in [0.05, 0.1) is 5.39 Å². The van der Waals surface area contributed by atoms with Gasteiger partial charge in [-0.3, -0.25) is 0 Å². The molecule has 2 heterocycles. The average Bonchev–Trinajstić information content (AvgIpc) is 3.61. The van der Waals surface area contributed by atoms with Crippen LogP contribution in [0.15, 0.2) is 73.2 Å². The van der Waals surface area contributed by atoms with Crippen LogP contribution in [-0.4, -0.2) is 47.8 Å². The van der Waals surface area contributed by atoms with Crippen molar-refractivity contribution in [2.24, 2.45) is 5.92 Å². The Hall–Kier alpha value is -3.22. The number of anilines is 1. The molecule has 38 heavy (non-hydrogen) atoms. The minimum atomic E-state index is 0.540. The first-order chi connectivity index (χ1) is 18.8. The largest absolute Gasteiger partial charge is 0.372 e. The SMILES string of the molecule is CNc1ncnc2c1ccn2C1CCC(CNCCCNCCc2ccc(CCc3ccccc3)cc2)C1. The van der Waals surface area contributed by atoms with Gasteiger partial charge in [0.15, 0.2) is 0 Å². The molecular weight excluding hydrogens is 468 g/mol. The van der Waals surface area contributed by atoms with Crippen molar-refractivity contribution in [3.05, 3.63) is 89.9 Å². The maximum Gasteiger partial charge on any atom is 0.145 e. The Kier molecular flexibility index (Phi) is 9.40. The Morgan fingerprint density at radius 3 is 2.32 bits per heavy atom. The van der Waals surface area contributed by atoms with Gasteiger partial charge in [-0.05, 0) is 99.8 Å². The molecule has 1 fully saturated rings. The zero-order chi connectivity index (χ0) is 26.0. The van der Waals surface area contributed by atoms with Crippen molar-refractivity contribution in [2.75, 3.05) is 38.5 Å². The fraction of sp³-hybridized carbons (Fsp3) is 0.438. The third-order valence-corrected chi connectivity index (χ3v) is 7.95. The van der Waals surface area contributed by atoms with E-state index >= 15 is 0 Å². The number of rotatable bonds is 14. The van der Waals surface area contributed by atoms with Crippen molar-refractivity contribution in [1.29, 1.82) is 0 Å². The zero-order valence-corrected chi connectivity index (χ0v) is 22.7. The highest BCUT2D eigenvalue weighted by atomic mass is 15.1. The molecule has 5 rings (SSSR count). The Balaban J connectivity index is 0.924. The molecule has 0 saturated heterocycles. The highest BCUT2D eigenvalue weighted by Gasteiger charge is 2.26. The van der Waals surface area contributed by atoms with Gasteiger partial charge in [-0.1, -0.05) is 54.6 Å². The Morgan fingerprint density at radius 2 is 1.53 bits per heavy atom. The second-order valence-electron chi connectivity index (χ2n) is 10.6. The molecule has 1 saturated carbocycles. The van der Waals surface area contributed by atoms with E-state index in [1.165, 1.54) is 42.4 Å². The van der Waals surface area contributed by atoms with Crippen LogP contribution in [0.4, 0.5) is 5.82 Å². The Labute approximate surface area is 227 Å². The number of benzene rings is 2. The fourth-order valence-electron chi connectivity index (χ4n) is 5.76. The maximum absolute atomic E-state index is 4.56. The molecule has 6 nitrogen and oxygen atoms in total. The molecule has 1 aliphatic carbocycles. The van der Waals surface area contributed by atoms with E-state index in [0.717, 1.165) is 68.2 Å². The van der Waals surface area contributed by atoms with Crippen LogP contribution in [0.1, 0.15) is 48.4 Å². The highest BCUT2D eigenvalue weighted by molar-refractivity contribution is 5.87. The van der Waals surface area contributed by atoms with Crippen LogP contribution in [-0.2, 0) is 19.3 Å². The van der Waals surface area contributed by atoms with E-state index in [4.69, 9.17) is 0 Å². The van der Waals surface area contributed by atoms with Gasteiger partial charge >= 0.3 is 0 Å². The summed E-state index contributed by atoms with van der Waals surface area (Å²) in [6.45, 7) is 4.30. The van der Waals surface area contributed by atoms with Crippen molar-refractivity contribution in [2.45, 2.75) is 51.0 Å². The summed E-state index contributed by atoms with van der Waals surface area (Å²) in [5.74, 6) is 1.65. The highest BCUT2D eigenvalue weighted by Crippen LogP contribution is 2.36. The molecule has 4 aromatic rings. The van der Waals surface area contributed by atoms with Gasteiger partial charge in [0.25, 0.3) is 0 Å². The number of nitrogens with one attached hydrogen (secondary N) is 3. The molecule has 6 heteroatoms. The molecule has 200 valence electrons. The summed E-state index contributed by atoms with van der Waals surface area (Å²) in [6, 6.07) is 22.6. The normalized spacial score (nSPS) is 17.3. The number of fused-ring (bicyclic) bond motifs is 1. The average molecular weight is 511 g/mol. The van der Waals surface area contributed by atoms with Gasteiger partial charge < -0.3 is 20.5 Å². The number of aryl methyl sites for hydroxylation is 2. The number of aromatic nitrogens is 3. The lowest BCUT2D eigenvalue weighted by Crippen LogP contribution is -2.26. The molecule has 2 aromatic carbocycles. The standard InChI is InChI=1S/C32H42N6/c1-33-31-30-17-21-38(32(30)37-24-36-31)29-15-14-28(22-29)23-35-19-5-18-34-20-16-27-12-10-26(11-13-27)9-8-25-6-3-2-4-7-25/h2-4,6-7,10-13,17,21,24,28-29,34-35H,5,8-9,14-16,18-20,22-23H2,1H3,(H,33,36,37). The van der Waals surface area contributed by atoms with Crippen LogP contribution < -0.4 is 16.0 Å². The van der Waals surface area contributed by atoms with E-state index in [1.54, 1.807) is 6.33 Å². The van der Waals surface area contributed by atoms with Crippen LogP contribution in [0, 0.1) is 5.92 Å². The third-order valence-electron chi connectivity index (χ3n) is 7.95. The third kappa shape index (κ3) is 7.00. The van der Waals surface area contributed by atoms with Gasteiger partial charge in [-0.25, -0.2) is 9.97 Å². The van der Waals surface area contributed by atoms with Crippen molar-refractivity contribution in [3.63, 3.8) is 0 Å². The van der Waals surface area contributed by atoms with Crippen LogP contribution in [0.2, 0.25) is 0 Å². The minimum Gasteiger partial charge on any atom is -0.372 e. The second-order valence-corrected chi connectivity index (χ2v) is 10.6. The molecule has 0 amide bonds. The molecule has 3 N–H and O–H groups in total. The van der Waals surface area contributed by atoms with E-state index in [0.29, 0.717) is 6.04 Å². The van der Waals surface area contributed by atoms with Crippen molar-refractivity contribution in [1.82, 2.24) is 25.2 Å². The first-order valence-corrected chi connectivity index (χ1v) is 14.3. The lowest BCUT2D eigenvalue weighted by Gasteiger charge is -2.15. The monoisotopic (exact) mass is 510 g/mol. The topological polar surface area (TPSA) is 66.8 Å². The predicted octanol–water partition coefficient (Wildman–Crippen LogP) is 5.41. The summed E-state index contributed by atoms with van der Waals surface area (Å²) in [4.78, 5) is 8.90. The van der Waals surface area contributed by atoms with Gasteiger partial charge in [0, 0.05) is 19.3 Å². The smallest absolute Gasteiger partial charge is 0.145 e. The van der Waals surface area contributed by atoms with Crippen molar-refractivity contribution >= 4 is 16.9 Å². The molecule has 0 spiro atoms. The van der Waals surface area contributed by atoms with E-state index in [9.17, 15) is 0 Å². The Morgan fingerprint density at radius 1 is 0.789 bits per heavy atom. The van der Waals surface area contributed by atoms with Crippen molar-refractivity contribution in [3.8, 4) is 0 Å². The number of nitrogens with zero attached hydrogens (tertiary/aromatic N) is 3. The Bertz CT molecular complexity index is 1250. The summed E-state index contributed by atoms with van der Waals surface area (Å²) < 4.78 is 2.36. The summed E-state index contributed by atoms with van der Waals surface area (Å²) in [7, 11) is 1.92. The predicted molar refractivity (Wildman–Crippen MR) is 158 cm³/mol. The van der Waals surface area contributed by atoms with Gasteiger partial charge in [-0.2, -0.15) is 0 Å². The van der Waals surface area contributed by atoms with E-state index in [2.05, 4.69) is 97.3 Å². The van der Waals surface area contributed by atoms with Crippen LogP contribution >= 0.6 is 0 Å². The quantitative estimate of drug-likeness (QED) is 0.198.